The summed E-state index contributed by atoms with van der Waals surface area (Å²) in [6.45, 7) is 1.27. The molecule has 0 radical (unpaired) electrons. The van der Waals surface area contributed by atoms with Crippen LogP contribution >= 0.6 is 0 Å². The molecule has 0 spiro atoms. The highest BCUT2D eigenvalue weighted by atomic mass is 32.2. The molecular formula is C14H19NO4S. The summed E-state index contributed by atoms with van der Waals surface area (Å²) in [7, 11) is -2.99. The Morgan fingerprint density at radius 2 is 2.05 bits per heavy atom. The van der Waals surface area contributed by atoms with Crippen LogP contribution in [0.1, 0.15) is 12.0 Å². The van der Waals surface area contributed by atoms with Gasteiger partial charge in [-0.1, -0.05) is 30.3 Å². The zero-order chi connectivity index (χ0) is 14.6. The van der Waals surface area contributed by atoms with Crippen LogP contribution in [0, 0.1) is 5.92 Å². The van der Waals surface area contributed by atoms with Gasteiger partial charge in [0.15, 0.2) is 0 Å². The molecule has 0 bridgehead atoms. The number of hydrogen-bond donors (Lipinski definition) is 0. The van der Waals surface area contributed by atoms with Gasteiger partial charge >= 0.3 is 6.09 Å². The highest BCUT2D eigenvalue weighted by Gasteiger charge is 2.29. The molecule has 1 aliphatic heterocycles. The fourth-order valence-electron chi connectivity index (χ4n) is 2.37. The first-order valence-corrected chi connectivity index (χ1v) is 8.63. The van der Waals surface area contributed by atoms with Gasteiger partial charge in [-0.3, -0.25) is 0 Å². The lowest BCUT2D eigenvalue weighted by molar-refractivity contribution is 0.103. The van der Waals surface area contributed by atoms with Gasteiger partial charge in [0.25, 0.3) is 0 Å². The minimum absolute atomic E-state index is 0.0225. The van der Waals surface area contributed by atoms with Crippen molar-refractivity contribution in [2.75, 3.05) is 25.1 Å². The summed E-state index contributed by atoms with van der Waals surface area (Å²) < 4.78 is 27.7. The molecule has 1 aromatic carbocycles. The lowest BCUT2D eigenvalue weighted by Crippen LogP contribution is -2.30. The monoisotopic (exact) mass is 297 g/mol. The summed E-state index contributed by atoms with van der Waals surface area (Å²) in [5.41, 5.74) is 0.938. The second kappa shape index (κ2) is 6.26. The SMILES string of the molecule is CS(=O)(=O)C[C@@H]1CCN(C(=O)OCc2ccccc2)C1. The lowest BCUT2D eigenvalue weighted by Gasteiger charge is -2.16. The zero-order valence-electron chi connectivity index (χ0n) is 11.5. The molecule has 0 unspecified atom stereocenters. The first-order chi connectivity index (χ1) is 9.44. The van der Waals surface area contributed by atoms with Crippen LogP contribution in [0.3, 0.4) is 0 Å². The second-order valence-corrected chi connectivity index (χ2v) is 7.42. The smallest absolute Gasteiger partial charge is 0.410 e. The van der Waals surface area contributed by atoms with Gasteiger partial charge in [-0.25, -0.2) is 13.2 Å². The van der Waals surface area contributed by atoms with Crippen molar-refractivity contribution in [3.8, 4) is 0 Å². The fraction of sp³-hybridized carbons (Fsp3) is 0.500. The molecular weight excluding hydrogens is 278 g/mol. The molecule has 1 aliphatic rings. The molecule has 1 amide bonds. The summed E-state index contributed by atoms with van der Waals surface area (Å²) in [6.07, 6.45) is 1.57. The average molecular weight is 297 g/mol. The van der Waals surface area contributed by atoms with Crippen molar-refractivity contribution in [1.82, 2.24) is 4.90 Å². The molecule has 1 saturated heterocycles. The number of sulfone groups is 1. The Labute approximate surface area is 119 Å². The molecule has 5 nitrogen and oxygen atoms in total. The van der Waals surface area contributed by atoms with E-state index in [-0.39, 0.29) is 24.4 Å². The molecule has 0 N–H and O–H groups in total. The molecule has 110 valence electrons. The molecule has 0 aliphatic carbocycles. The van der Waals surface area contributed by atoms with Crippen molar-refractivity contribution < 1.29 is 17.9 Å². The molecule has 1 heterocycles. The normalized spacial score (nSPS) is 19.1. The van der Waals surface area contributed by atoms with Gasteiger partial charge in [0.1, 0.15) is 16.4 Å². The number of amides is 1. The first-order valence-electron chi connectivity index (χ1n) is 6.57. The lowest BCUT2D eigenvalue weighted by atomic mass is 10.2. The number of ether oxygens (including phenoxy) is 1. The van der Waals surface area contributed by atoms with Gasteiger partial charge < -0.3 is 9.64 Å². The van der Waals surface area contributed by atoms with Gasteiger partial charge in [0.05, 0.1) is 5.75 Å². The first kappa shape index (κ1) is 14.8. The minimum Gasteiger partial charge on any atom is -0.445 e. The maximum Gasteiger partial charge on any atom is 0.410 e. The number of carbonyl (C=O) groups is 1. The predicted octanol–water partition coefficient (Wildman–Crippen LogP) is 1.69. The largest absolute Gasteiger partial charge is 0.445 e. The quantitative estimate of drug-likeness (QED) is 0.848. The summed E-state index contributed by atoms with van der Waals surface area (Å²) in [5.74, 6) is 0.157. The van der Waals surface area contributed by atoms with E-state index in [0.717, 1.165) is 5.56 Å². The Balaban J connectivity index is 1.80. The molecule has 6 heteroatoms. The zero-order valence-corrected chi connectivity index (χ0v) is 12.3. The van der Waals surface area contributed by atoms with Gasteiger partial charge in [-0.15, -0.1) is 0 Å². The topological polar surface area (TPSA) is 63.7 Å². The van der Waals surface area contributed by atoms with Crippen LogP contribution in [0.2, 0.25) is 0 Å². The molecule has 0 aromatic heterocycles. The van der Waals surface area contributed by atoms with Crippen molar-refractivity contribution in [3.05, 3.63) is 35.9 Å². The van der Waals surface area contributed by atoms with Crippen LogP contribution < -0.4 is 0 Å². The predicted molar refractivity (Wildman–Crippen MR) is 76.0 cm³/mol. The van der Waals surface area contributed by atoms with Crippen LogP contribution in [0.4, 0.5) is 4.79 Å². The van der Waals surface area contributed by atoms with Crippen molar-refractivity contribution in [2.45, 2.75) is 13.0 Å². The van der Waals surface area contributed by atoms with Crippen LogP contribution in [-0.4, -0.2) is 44.5 Å². The number of likely N-dealkylation sites (tertiary alicyclic amines) is 1. The van der Waals surface area contributed by atoms with Gasteiger partial charge in [-0.05, 0) is 17.9 Å². The van der Waals surface area contributed by atoms with Crippen LogP contribution in [-0.2, 0) is 21.2 Å². The van der Waals surface area contributed by atoms with E-state index in [1.165, 1.54) is 6.26 Å². The van der Waals surface area contributed by atoms with Crippen LogP contribution in [0.25, 0.3) is 0 Å². The third-order valence-electron chi connectivity index (χ3n) is 3.29. The Morgan fingerprint density at radius 3 is 2.70 bits per heavy atom. The maximum absolute atomic E-state index is 11.9. The van der Waals surface area contributed by atoms with Gasteiger partial charge in [0, 0.05) is 19.3 Å². The van der Waals surface area contributed by atoms with Gasteiger partial charge in [-0.2, -0.15) is 0 Å². The van der Waals surface area contributed by atoms with Crippen molar-refractivity contribution in [3.63, 3.8) is 0 Å². The van der Waals surface area contributed by atoms with Crippen molar-refractivity contribution in [1.29, 1.82) is 0 Å². The Kier molecular flexibility index (Phi) is 4.65. The molecule has 0 saturated carbocycles. The Bertz CT molecular complexity index is 556. The number of benzene rings is 1. The van der Waals surface area contributed by atoms with Crippen LogP contribution in [0.5, 0.6) is 0 Å². The fourth-order valence-corrected chi connectivity index (χ4v) is 3.50. The van der Waals surface area contributed by atoms with E-state index in [2.05, 4.69) is 0 Å². The average Bonchev–Trinajstić information content (AvgIpc) is 2.83. The Morgan fingerprint density at radius 1 is 1.35 bits per heavy atom. The standard InChI is InChI=1S/C14H19NO4S/c1-20(17,18)11-13-7-8-15(9-13)14(16)19-10-12-5-3-2-4-6-12/h2-6,13H,7-11H2,1H3/t13-/m1/s1. The Hall–Kier alpha value is -1.56. The summed E-state index contributed by atoms with van der Waals surface area (Å²) in [5, 5.41) is 0. The van der Waals surface area contributed by atoms with E-state index in [0.29, 0.717) is 19.5 Å². The summed E-state index contributed by atoms with van der Waals surface area (Å²) in [4.78, 5) is 13.5. The summed E-state index contributed by atoms with van der Waals surface area (Å²) >= 11 is 0. The van der Waals surface area contributed by atoms with Crippen molar-refractivity contribution >= 4 is 15.9 Å². The third-order valence-corrected chi connectivity index (χ3v) is 4.36. The number of rotatable bonds is 4. The molecule has 1 fully saturated rings. The minimum atomic E-state index is -2.99. The number of carbonyl (C=O) groups excluding carboxylic acids is 1. The summed E-state index contributed by atoms with van der Waals surface area (Å²) in [6, 6.07) is 9.47. The molecule has 1 aromatic rings. The van der Waals surface area contributed by atoms with E-state index in [1.54, 1.807) is 4.90 Å². The van der Waals surface area contributed by atoms with E-state index in [9.17, 15) is 13.2 Å². The maximum atomic E-state index is 11.9. The van der Waals surface area contributed by atoms with Crippen molar-refractivity contribution in [2.24, 2.45) is 5.92 Å². The molecule has 1 atom stereocenters. The van der Waals surface area contributed by atoms with E-state index in [1.807, 2.05) is 30.3 Å². The second-order valence-electron chi connectivity index (χ2n) is 5.23. The van der Waals surface area contributed by atoms with E-state index < -0.39 is 9.84 Å². The number of hydrogen-bond acceptors (Lipinski definition) is 4. The van der Waals surface area contributed by atoms with Crippen LogP contribution in [0.15, 0.2) is 30.3 Å². The highest BCUT2D eigenvalue weighted by Crippen LogP contribution is 2.19. The number of nitrogens with zero attached hydrogens (tertiary/aromatic N) is 1. The third kappa shape index (κ3) is 4.52. The van der Waals surface area contributed by atoms with Gasteiger partial charge in [0.2, 0.25) is 0 Å². The van der Waals surface area contributed by atoms with E-state index >= 15 is 0 Å². The highest BCUT2D eigenvalue weighted by molar-refractivity contribution is 7.90. The molecule has 20 heavy (non-hydrogen) atoms. The molecule has 2 rings (SSSR count). The van der Waals surface area contributed by atoms with E-state index in [4.69, 9.17) is 4.74 Å².